The summed E-state index contributed by atoms with van der Waals surface area (Å²) >= 11 is 1.86. The van der Waals surface area contributed by atoms with Crippen molar-refractivity contribution in [3.63, 3.8) is 0 Å². The standard InChI is InChI=1S/C51H32N4OS/c1-3-13-31(14-4-1)49-52-50(32-15-5-2-6-16-32)54-51(53-49)34-26-28-45-40(30-34)39-29-33(25-27-44(39)56-45)35-19-11-20-38-47-43(23-12-24-46(47)57-48(35)38)55-41-21-9-7-17-36(41)37-18-8-10-22-42(37)55/h1-30,49H,(H,52,53,54). The number of amidine groups is 2. The minimum absolute atomic E-state index is 0.269. The van der Waals surface area contributed by atoms with Crippen molar-refractivity contribution in [3.8, 4) is 16.8 Å². The fourth-order valence-corrected chi connectivity index (χ4v) is 9.90. The molecule has 4 heterocycles. The maximum atomic E-state index is 6.44. The van der Waals surface area contributed by atoms with Crippen molar-refractivity contribution in [2.45, 2.75) is 6.17 Å². The molecular weight excluding hydrogens is 717 g/mol. The molecule has 0 radical (unpaired) electrons. The molecule has 0 amide bonds. The minimum Gasteiger partial charge on any atom is -0.456 e. The molecule has 0 fully saturated rings. The number of aromatic nitrogens is 1. The van der Waals surface area contributed by atoms with Gasteiger partial charge >= 0.3 is 0 Å². The fraction of sp³-hybridized carbons (Fsp3) is 0.0196. The van der Waals surface area contributed by atoms with E-state index in [9.17, 15) is 0 Å². The molecule has 6 heteroatoms. The SMILES string of the molecule is c1ccc(C2=NC(c3ccc4oc5ccc(-c6cccc7c6sc6cccc(-n8c9ccccc9c9ccccc98)c67)cc5c4c3)=NC(c3ccccc3)N2)cc1. The lowest BCUT2D eigenvalue weighted by Gasteiger charge is -2.23. The first-order chi connectivity index (χ1) is 28.2. The van der Waals surface area contributed by atoms with E-state index < -0.39 is 0 Å². The first-order valence-electron chi connectivity index (χ1n) is 19.2. The van der Waals surface area contributed by atoms with Crippen LogP contribution in [0.2, 0.25) is 0 Å². The highest BCUT2D eigenvalue weighted by molar-refractivity contribution is 7.26. The van der Waals surface area contributed by atoms with E-state index in [1.54, 1.807) is 0 Å². The Hall–Kier alpha value is -7.28. The molecule has 0 bridgehead atoms. The van der Waals surface area contributed by atoms with E-state index in [1.807, 2.05) is 53.8 Å². The van der Waals surface area contributed by atoms with Crippen LogP contribution in [0.15, 0.2) is 196 Å². The largest absolute Gasteiger partial charge is 0.456 e. The van der Waals surface area contributed by atoms with Gasteiger partial charge in [0, 0.05) is 52.8 Å². The molecule has 1 aliphatic rings. The zero-order valence-corrected chi connectivity index (χ0v) is 31.4. The second kappa shape index (κ2) is 12.6. The second-order valence-corrected chi connectivity index (χ2v) is 15.6. The molecule has 0 saturated heterocycles. The van der Waals surface area contributed by atoms with E-state index in [0.29, 0.717) is 5.84 Å². The van der Waals surface area contributed by atoms with Crippen LogP contribution in [0.1, 0.15) is 22.9 Å². The molecule has 12 rings (SSSR count). The third-order valence-electron chi connectivity index (χ3n) is 11.3. The first kappa shape index (κ1) is 32.0. The Morgan fingerprint density at radius 3 is 1.91 bits per heavy atom. The fourth-order valence-electron chi connectivity index (χ4n) is 8.64. The van der Waals surface area contributed by atoms with Gasteiger partial charge in [0.25, 0.3) is 0 Å². The Kier molecular flexibility index (Phi) is 7.09. The van der Waals surface area contributed by atoms with Crippen LogP contribution in [0.25, 0.3) is 80.7 Å². The Balaban J connectivity index is 1.01. The number of rotatable bonds is 5. The van der Waals surface area contributed by atoms with Gasteiger partial charge in [0.1, 0.15) is 23.2 Å². The van der Waals surface area contributed by atoms with Gasteiger partial charge in [-0.3, -0.25) is 0 Å². The quantitative estimate of drug-likeness (QED) is 0.191. The van der Waals surface area contributed by atoms with Crippen molar-refractivity contribution in [1.29, 1.82) is 0 Å². The summed E-state index contributed by atoms with van der Waals surface area (Å²) in [4.78, 5) is 10.2. The Morgan fingerprint density at radius 1 is 0.526 bits per heavy atom. The summed E-state index contributed by atoms with van der Waals surface area (Å²) in [6.45, 7) is 0. The number of thiophene rings is 1. The smallest absolute Gasteiger partial charge is 0.159 e. The molecule has 8 aromatic carbocycles. The zero-order valence-electron chi connectivity index (χ0n) is 30.6. The molecule has 11 aromatic rings. The van der Waals surface area contributed by atoms with Crippen LogP contribution in [-0.2, 0) is 0 Å². The number of furan rings is 1. The highest BCUT2D eigenvalue weighted by Gasteiger charge is 2.23. The van der Waals surface area contributed by atoms with Crippen molar-refractivity contribution in [3.05, 3.63) is 199 Å². The normalized spacial score (nSPS) is 14.5. The van der Waals surface area contributed by atoms with E-state index in [1.165, 1.54) is 53.2 Å². The van der Waals surface area contributed by atoms with Crippen molar-refractivity contribution in [2.75, 3.05) is 0 Å². The van der Waals surface area contributed by atoms with E-state index in [-0.39, 0.29) is 6.17 Å². The topological polar surface area (TPSA) is 54.8 Å². The third kappa shape index (κ3) is 5.08. The molecule has 1 atom stereocenters. The van der Waals surface area contributed by atoms with Gasteiger partial charge in [-0.15, -0.1) is 11.3 Å². The molecule has 3 aromatic heterocycles. The van der Waals surface area contributed by atoms with E-state index in [4.69, 9.17) is 14.4 Å². The van der Waals surface area contributed by atoms with Gasteiger partial charge in [-0.1, -0.05) is 127 Å². The Bertz CT molecular complexity index is 3390. The average Bonchev–Trinajstić information content (AvgIpc) is 3.96. The number of para-hydroxylation sites is 2. The summed E-state index contributed by atoms with van der Waals surface area (Å²) in [6.07, 6.45) is -0.269. The van der Waals surface area contributed by atoms with Crippen molar-refractivity contribution >= 4 is 86.9 Å². The molecule has 57 heavy (non-hydrogen) atoms. The number of nitrogens with zero attached hydrogens (tertiary/aromatic N) is 3. The molecular formula is C51H32N4OS. The third-order valence-corrected chi connectivity index (χ3v) is 12.5. The van der Waals surface area contributed by atoms with E-state index >= 15 is 0 Å². The maximum Gasteiger partial charge on any atom is 0.159 e. The molecule has 1 aliphatic heterocycles. The van der Waals surface area contributed by atoms with Crippen LogP contribution in [-0.4, -0.2) is 16.2 Å². The average molecular weight is 749 g/mol. The van der Waals surface area contributed by atoms with Gasteiger partial charge in [0.15, 0.2) is 5.84 Å². The summed E-state index contributed by atoms with van der Waals surface area (Å²) in [6, 6.07) is 64.4. The van der Waals surface area contributed by atoms with Crippen LogP contribution < -0.4 is 5.32 Å². The van der Waals surface area contributed by atoms with Crippen molar-refractivity contribution < 1.29 is 4.42 Å². The van der Waals surface area contributed by atoms with E-state index in [0.717, 1.165) is 50.0 Å². The predicted octanol–water partition coefficient (Wildman–Crippen LogP) is 13.2. The molecule has 268 valence electrons. The Labute approximate surface area is 331 Å². The van der Waals surface area contributed by atoms with Crippen LogP contribution in [0.3, 0.4) is 0 Å². The summed E-state index contributed by atoms with van der Waals surface area (Å²) in [7, 11) is 0. The van der Waals surface area contributed by atoms with Crippen LogP contribution >= 0.6 is 11.3 Å². The lowest BCUT2D eigenvalue weighted by atomic mass is 9.99. The summed E-state index contributed by atoms with van der Waals surface area (Å²) in [5, 5.41) is 10.7. The van der Waals surface area contributed by atoms with Crippen LogP contribution in [0.4, 0.5) is 0 Å². The van der Waals surface area contributed by atoms with Gasteiger partial charge in [-0.05, 0) is 71.3 Å². The van der Waals surface area contributed by atoms with Gasteiger partial charge in [-0.25, -0.2) is 9.98 Å². The van der Waals surface area contributed by atoms with Gasteiger partial charge in [-0.2, -0.15) is 0 Å². The zero-order chi connectivity index (χ0) is 37.5. The second-order valence-electron chi connectivity index (χ2n) is 14.6. The van der Waals surface area contributed by atoms with E-state index in [2.05, 4.69) is 149 Å². The maximum absolute atomic E-state index is 6.44. The highest BCUT2D eigenvalue weighted by Crippen LogP contribution is 2.45. The lowest BCUT2D eigenvalue weighted by Crippen LogP contribution is -2.33. The molecule has 1 N–H and O–H groups in total. The van der Waals surface area contributed by atoms with Crippen molar-refractivity contribution in [2.24, 2.45) is 9.98 Å². The van der Waals surface area contributed by atoms with Gasteiger partial charge in [0.05, 0.1) is 16.7 Å². The summed E-state index contributed by atoms with van der Waals surface area (Å²) in [5.41, 5.74) is 10.7. The van der Waals surface area contributed by atoms with Gasteiger partial charge < -0.3 is 14.3 Å². The molecule has 0 aliphatic carbocycles. The highest BCUT2D eigenvalue weighted by atomic mass is 32.1. The number of fused-ring (bicyclic) bond motifs is 9. The number of nitrogens with one attached hydrogen (secondary N) is 1. The summed E-state index contributed by atoms with van der Waals surface area (Å²) in [5.74, 6) is 1.48. The monoisotopic (exact) mass is 748 g/mol. The molecule has 0 saturated carbocycles. The minimum atomic E-state index is -0.269. The number of hydrogen-bond donors (Lipinski definition) is 1. The van der Waals surface area contributed by atoms with Crippen LogP contribution in [0.5, 0.6) is 0 Å². The number of benzene rings is 8. The summed E-state index contributed by atoms with van der Waals surface area (Å²) < 4.78 is 11.4. The number of aliphatic imine (C=N–C) groups is 2. The predicted molar refractivity (Wildman–Crippen MR) is 238 cm³/mol. The molecule has 5 nitrogen and oxygen atoms in total. The molecule has 1 unspecified atom stereocenters. The van der Waals surface area contributed by atoms with Crippen molar-refractivity contribution in [1.82, 2.24) is 9.88 Å². The lowest BCUT2D eigenvalue weighted by molar-refractivity contribution is 0.668. The molecule has 0 spiro atoms. The first-order valence-corrected chi connectivity index (χ1v) is 20.0. The number of hydrogen-bond acceptors (Lipinski definition) is 5. The van der Waals surface area contributed by atoms with Gasteiger partial charge in [0.2, 0.25) is 0 Å². The van der Waals surface area contributed by atoms with Crippen LogP contribution in [0, 0.1) is 0 Å². The Morgan fingerprint density at radius 2 is 1.16 bits per heavy atom.